The zero-order chi connectivity index (χ0) is 33.4. The molecule has 13 heteroatoms. The number of carbonyl (C=O) groups excluding carboxylic acids is 2. The first-order chi connectivity index (χ1) is 21.9. The third-order valence-corrected chi connectivity index (χ3v) is 9.85. The van der Waals surface area contributed by atoms with Crippen LogP contribution in [0.3, 0.4) is 0 Å². The number of nitrogens with one attached hydrogen (secondary N) is 1. The Morgan fingerprint density at radius 3 is 2.59 bits per heavy atom. The Hall–Kier alpha value is -3.78. The van der Waals surface area contributed by atoms with Crippen molar-refractivity contribution in [2.75, 3.05) is 38.7 Å². The Labute approximate surface area is 271 Å². The summed E-state index contributed by atoms with van der Waals surface area (Å²) in [6.07, 6.45) is 4.35. The summed E-state index contributed by atoms with van der Waals surface area (Å²) in [5, 5.41) is 13.0. The fourth-order valence-electron chi connectivity index (χ4n) is 5.29. The van der Waals surface area contributed by atoms with Crippen LogP contribution >= 0.6 is 0 Å². The highest BCUT2D eigenvalue weighted by molar-refractivity contribution is 7.89. The van der Waals surface area contributed by atoms with Crippen molar-refractivity contribution in [1.29, 1.82) is 0 Å². The van der Waals surface area contributed by atoms with E-state index in [1.165, 1.54) is 23.9 Å². The lowest BCUT2D eigenvalue weighted by Crippen LogP contribution is -2.48. The summed E-state index contributed by atoms with van der Waals surface area (Å²) in [5.74, 6) is -0.658. The SMILES string of the molecule is C[C@H](CO)N1C[C@H](C)[C@@H](CN(C)S(=O)(=O)c2cn(C)cn2)OCCCC[C@H](C)Oc2ccc(NC(=O)c3ccccc3)cc2C1=O. The monoisotopic (exact) mass is 655 g/mol. The largest absolute Gasteiger partial charge is 0.490 e. The molecule has 4 atom stereocenters. The summed E-state index contributed by atoms with van der Waals surface area (Å²) in [4.78, 5) is 32.8. The third kappa shape index (κ3) is 8.72. The Kier molecular flexibility index (Phi) is 12.0. The zero-order valence-electron chi connectivity index (χ0n) is 27.1. The molecule has 0 spiro atoms. The molecule has 0 aliphatic carbocycles. The summed E-state index contributed by atoms with van der Waals surface area (Å²) >= 11 is 0. The molecule has 0 bridgehead atoms. The molecule has 250 valence electrons. The van der Waals surface area contributed by atoms with Crippen LogP contribution in [0.15, 0.2) is 66.1 Å². The minimum Gasteiger partial charge on any atom is -0.490 e. The minimum absolute atomic E-state index is 0.0430. The van der Waals surface area contributed by atoms with Crippen molar-refractivity contribution in [1.82, 2.24) is 18.8 Å². The van der Waals surface area contributed by atoms with Crippen LogP contribution in [0.5, 0.6) is 5.75 Å². The van der Waals surface area contributed by atoms with Crippen LogP contribution in [0, 0.1) is 5.92 Å². The number of aliphatic hydroxyl groups is 1. The van der Waals surface area contributed by atoms with Crippen molar-refractivity contribution in [2.45, 2.75) is 63.3 Å². The van der Waals surface area contributed by atoms with Gasteiger partial charge in [0.2, 0.25) is 0 Å². The van der Waals surface area contributed by atoms with Crippen molar-refractivity contribution < 1.29 is 32.6 Å². The zero-order valence-corrected chi connectivity index (χ0v) is 27.9. The van der Waals surface area contributed by atoms with E-state index < -0.39 is 28.1 Å². The predicted octanol–water partition coefficient (Wildman–Crippen LogP) is 3.79. The number of carbonyl (C=O) groups is 2. The molecule has 0 fully saturated rings. The summed E-state index contributed by atoms with van der Waals surface area (Å²) in [5.41, 5.74) is 1.14. The standard InChI is InChI=1S/C33H45N5O7S/c1-23-18-38(24(2)21-39)33(41)28-17-27(35-32(40)26-12-7-6-8-13-26)14-15-29(28)45-25(3)11-9-10-16-44-30(23)19-37(5)46(42,43)31-20-36(4)22-34-31/h6-8,12-15,17,20,22-25,30,39H,9-11,16,18-19,21H2,1-5H3,(H,35,40)/t23-,24+,25-,30+/m0/s1. The smallest absolute Gasteiger partial charge is 0.261 e. The van der Waals surface area contributed by atoms with Crippen LogP contribution in [-0.4, -0.2) is 95.7 Å². The molecule has 2 amide bonds. The Morgan fingerprint density at radius 2 is 1.91 bits per heavy atom. The maximum atomic E-state index is 14.3. The number of benzene rings is 2. The molecule has 4 rings (SSSR count). The number of amides is 2. The second kappa shape index (κ2) is 15.7. The fourth-order valence-corrected chi connectivity index (χ4v) is 6.43. The number of likely N-dealkylation sites (N-methyl/N-ethyl adjacent to an activating group) is 1. The molecule has 2 heterocycles. The number of aryl methyl sites for hydroxylation is 1. The maximum Gasteiger partial charge on any atom is 0.261 e. The molecule has 3 aromatic rings. The van der Waals surface area contributed by atoms with Gasteiger partial charge in [-0.1, -0.05) is 25.1 Å². The quantitative estimate of drug-likeness (QED) is 0.373. The predicted molar refractivity (Wildman–Crippen MR) is 174 cm³/mol. The van der Waals surface area contributed by atoms with E-state index in [1.54, 1.807) is 65.9 Å². The molecule has 0 unspecified atom stereocenters. The summed E-state index contributed by atoms with van der Waals surface area (Å²) in [7, 11) is -0.687. The number of ether oxygens (including phenoxy) is 2. The topological polar surface area (TPSA) is 143 Å². The molecule has 46 heavy (non-hydrogen) atoms. The van der Waals surface area contributed by atoms with Crippen LogP contribution in [0.1, 0.15) is 60.7 Å². The molecule has 0 saturated carbocycles. The number of hydrogen-bond donors (Lipinski definition) is 2. The lowest BCUT2D eigenvalue weighted by atomic mass is 10.0. The van der Waals surface area contributed by atoms with Crippen LogP contribution in [0.25, 0.3) is 0 Å². The molecule has 1 aliphatic rings. The number of anilines is 1. The van der Waals surface area contributed by atoms with E-state index in [-0.39, 0.29) is 48.2 Å². The normalized spacial score (nSPS) is 20.8. The number of aliphatic hydroxyl groups excluding tert-OH is 1. The van der Waals surface area contributed by atoms with Gasteiger partial charge in [-0.05, 0) is 63.4 Å². The van der Waals surface area contributed by atoms with Crippen LogP contribution in [0.4, 0.5) is 5.69 Å². The van der Waals surface area contributed by atoms with Crippen molar-refractivity contribution in [3.8, 4) is 5.75 Å². The number of nitrogens with zero attached hydrogens (tertiary/aromatic N) is 4. The van der Waals surface area contributed by atoms with E-state index in [1.807, 2.05) is 19.9 Å². The van der Waals surface area contributed by atoms with Gasteiger partial charge in [0.05, 0.1) is 36.7 Å². The van der Waals surface area contributed by atoms with Gasteiger partial charge in [-0.3, -0.25) is 9.59 Å². The fraction of sp³-hybridized carbons (Fsp3) is 0.485. The van der Waals surface area contributed by atoms with Crippen LogP contribution in [-0.2, 0) is 21.8 Å². The molecule has 12 nitrogen and oxygen atoms in total. The van der Waals surface area contributed by atoms with Gasteiger partial charge in [0.15, 0.2) is 5.03 Å². The van der Waals surface area contributed by atoms with Gasteiger partial charge >= 0.3 is 0 Å². The molecule has 1 aromatic heterocycles. The van der Waals surface area contributed by atoms with E-state index in [0.717, 1.165) is 12.8 Å². The van der Waals surface area contributed by atoms with Gasteiger partial charge in [0, 0.05) is 57.2 Å². The maximum absolute atomic E-state index is 14.3. The first kappa shape index (κ1) is 35.1. The average Bonchev–Trinajstić information content (AvgIpc) is 3.49. The molecule has 2 N–H and O–H groups in total. The molecule has 0 saturated heterocycles. The van der Waals surface area contributed by atoms with Gasteiger partial charge < -0.3 is 29.4 Å². The van der Waals surface area contributed by atoms with E-state index in [4.69, 9.17) is 9.47 Å². The number of aromatic nitrogens is 2. The highest BCUT2D eigenvalue weighted by Crippen LogP contribution is 2.29. The number of rotatable bonds is 8. The summed E-state index contributed by atoms with van der Waals surface area (Å²) < 4.78 is 41.9. The number of sulfonamides is 1. The average molecular weight is 656 g/mol. The van der Waals surface area contributed by atoms with Crippen molar-refractivity contribution in [3.05, 3.63) is 72.2 Å². The van der Waals surface area contributed by atoms with Crippen molar-refractivity contribution in [3.63, 3.8) is 0 Å². The highest BCUT2D eigenvalue weighted by Gasteiger charge is 2.33. The molecular formula is C33H45N5O7S. The Balaban J connectivity index is 1.65. The highest BCUT2D eigenvalue weighted by atomic mass is 32.2. The lowest BCUT2D eigenvalue weighted by Gasteiger charge is -2.35. The minimum atomic E-state index is -3.88. The lowest BCUT2D eigenvalue weighted by molar-refractivity contribution is -0.00835. The van der Waals surface area contributed by atoms with Gasteiger partial charge in [0.25, 0.3) is 21.8 Å². The molecule has 1 aliphatic heterocycles. The van der Waals surface area contributed by atoms with Crippen molar-refractivity contribution in [2.24, 2.45) is 13.0 Å². The molecule has 2 aromatic carbocycles. The second-order valence-corrected chi connectivity index (χ2v) is 14.0. The number of hydrogen-bond acceptors (Lipinski definition) is 8. The number of fused-ring (bicyclic) bond motifs is 1. The van der Waals surface area contributed by atoms with Gasteiger partial charge in [-0.2, -0.15) is 4.31 Å². The van der Waals surface area contributed by atoms with E-state index in [2.05, 4.69) is 10.3 Å². The van der Waals surface area contributed by atoms with E-state index in [0.29, 0.717) is 30.0 Å². The molecular weight excluding hydrogens is 610 g/mol. The first-order valence-electron chi connectivity index (χ1n) is 15.6. The third-order valence-electron chi connectivity index (χ3n) is 8.14. The van der Waals surface area contributed by atoms with Crippen LogP contribution < -0.4 is 10.1 Å². The van der Waals surface area contributed by atoms with Gasteiger partial charge in [-0.15, -0.1) is 0 Å². The number of imidazole rings is 1. The van der Waals surface area contributed by atoms with Crippen LogP contribution in [0.2, 0.25) is 0 Å². The van der Waals surface area contributed by atoms with Gasteiger partial charge in [0.1, 0.15) is 5.75 Å². The van der Waals surface area contributed by atoms with Crippen molar-refractivity contribution >= 4 is 27.5 Å². The summed E-state index contributed by atoms with van der Waals surface area (Å²) in [6, 6.07) is 13.2. The van der Waals surface area contributed by atoms with Gasteiger partial charge in [-0.25, -0.2) is 13.4 Å². The Morgan fingerprint density at radius 1 is 1.17 bits per heavy atom. The second-order valence-electron chi connectivity index (χ2n) is 12.0. The van der Waals surface area contributed by atoms with E-state index in [9.17, 15) is 23.1 Å². The molecule has 0 radical (unpaired) electrons. The first-order valence-corrected chi connectivity index (χ1v) is 17.0. The summed E-state index contributed by atoms with van der Waals surface area (Å²) in [6.45, 7) is 5.89. The Bertz CT molecular complexity index is 1580. The van der Waals surface area contributed by atoms with E-state index >= 15 is 0 Å².